The molecule has 0 bridgehead atoms. The van der Waals surface area contributed by atoms with Crippen LogP contribution in [0.15, 0.2) is 42.5 Å². The van der Waals surface area contributed by atoms with Crippen LogP contribution in [0, 0.1) is 0 Å². The van der Waals surface area contributed by atoms with Gasteiger partial charge in [0, 0.05) is 30.8 Å². The summed E-state index contributed by atoms with van der Waals surface area (Å²) < 4.78 is 80.5. The summed E-state index contributed by atoms with van der Waals surface area (Å²) in [5, 5.41) is 0.221. The van der Waals surface area contributed by atoms with Crippen molar-refractivity contribution < 1.29 is 31.1 Å². The summed E-state index contributed by atoms with van der Waals surface area (Å²) in [7, 11) is 1.80. The van der Waals surface area contributed by atoms with Gasteiger partial charge in [-0.05, 0) is 19.2 Å². The molecule has 0 N–H and O–H groups in total. The number of benzene rings is 2. The van der Waals surface area contributed by atoms with Crippen molar-refractivity contribution >= 4 is 23.6 Å². The zero-order valence-electron chi connectivity index (χ0n) is 16.5. The van der Waals surface area contributed by atoms with Gasteiger partial charge < -0.3 is 0 Å². The number of quaternary nitrogens is 1. The van der Waals surface area contributed by atoms with Gasteiger partial charge in [0.25, 0.3) is 0 Å². The van der Waals surface area contributed by atoms with Gasteiger partial charge in [0.05, 0.1) is 29.2 Å². The fraction of sp³-hybridized carbons (Fsp3) is 0.381. The van der Waals surface area contributed by atoms with Gasteiger partial charge in [-0.1, -0.05) is 29.8 Å². The zero-order chi connectivity index (χ0) is 23.0. The van der Waals surface area contributed by atoms with Crippen LogP contribution in [0.4, 0.5) is 32.0 Å². The molecule has 0 amide bonds. The Morgan fingerprint density at radius 1 is 0.968 bits per heavy atom. The van der Waals surface area contributed by atoms with E-state index in [2.05, 4.69) is 0 Å². The van der Waals surface area contributed by atoms with Crippen molar-refractivity contribution in [1.82, 2.24) is 9.38 Å². The number of hydrogen-bond acceptors (Lipinski definition) is 2. The number of piperazine rings is 1. The molecule has 0 saturated carbocycles. The Morgan fingerprint density at radius 2 is 1.48 bits per heavy atom. The third kappa shape index (κ3) is 4.73. The van der Waals surface area contributed by atoms with Crippen LogP contribution < -0.4 is 4.48 Å². The predicted octanol–water partition coefficient (Wildman–Crippen LogP) is 5.57. The van der Waals surface area contributed by atoms with Crippen LogP contribution in [0.2, 0.25) is 5.02 Å². The normalized spacial score (nSPS) is 18.6. The van der Waals surface area contributed by atoms with E-state index in [1.54, 1.807) is 25.2 Å². The molecule has 1 heterocycles. The summed E-state index contributed by atoms with van der Waals surface area (Å²) >= 11 is 6.26. The maximum absolute atomic E-state index is 13.5. The Labute approximate surface area is 180 Å². The van der Waals surface area contributed by atoms with Crippen molar-refractivity contribution in [3.63, 3.8) is 0 Å². The van der Waals surface area contributed by atoms with E-state index in [1.165, 1.54) is 6.07 Å². The molecule has 3 nitrogen and oxygen atoms in total. The van der Waals surface area contributed by atoms with Crippen LogP contribution in [-0.4, -0.2) is 44.4 Å². The van der Waals surface area contributed by atoms with Crippen molar-refractivity contribution in [2.45, 2.75) is 18.4 Å². The molecule has 1 aliphatic heterocycles. The molecule has 0 radical (unpaired) electrons. The third-order valence-corrected chi connectivity index (χ3v) is 6.08. The van der Waals surface area contributed by atoms with Crippen LogP contribution in [0.5, 0.6) is 0 Å². The Kier molecular flexibility index (Phi) is 6.42. The maximum atomic E-state index is 13.5. The lowest BCUT2D eigenvalue weighted by atomic mass is 9.97. The number of halogens is 7. The summed E-state index contributed by atoms with van der Waals surface area (Å²) in [6.07, 6.45) is -9.40. The minimum absolute atomic E-state index is 0.0987. The minimum Gasteiger partial charge on any atom is -0.296 e. The van der Waals surface area contributed by atoms with E-state index < -0.39 is 29.5 Å². The number of likely N-dealkylation sites (N-methyl/N-ethyl adjacent to an activating group) is 1. The molecule has 0 aliphatic carbocycles. The second-order valence-corrected chi connectivity index (χ2v) is 8.06. The third-order valence-electron chi connectivity index (χ3n) is 5.73. The Balaban J connectivity index is 2.28. The van der Waals surface area contributed by atoms with E-state index in [4.69, 9.17) is 11.6 Å². The van der Waals surface area contributed by atoms with Gasteiger partial charge >= 0.3 is 12.4 Å². The molecule has 168 valence electrons. The molecule has 3 rings (SSSR count). The first-order valence-electron chi connectivity index (χ1n) is 9.43. The lowest BCUT2D eigenvalue weighted by Crippen LogP contribution is -2.62. The van der Waals surface area contributed by atoms with Gasteiger partial charge in [-0.25, -0.2) is 0 Å². The van der Waals surface area contributed by atoms with Gasteiger partial charge in [-0.15, -0.1) is 0 Å². The van der Waals surface area contributed by atoms with E-state index in [9.17, 15) is 31.1 Å². The molecule has 0 spiro atoms. The van der Waals surface area contributed by atoms with E-state index in [1.807, 2.05) is 4.90 Å². The average molecular weight is 466 g/mol. The number of rotatable bonds is 4. The Hall–Kier alpha value is -2.10. The van der Waals surface area contributed by atoms with Crippen LogP contribution in [0.25, 0.3) is 0 Å². The van der Waals surface area contributed by atoms with Gasteiger partial charge in [-0.3, -0.25) is 14.2 Å². The quantitative estimate of drug-likeness (QED) is 0.334. The first-order chi connectivity index (χ1) is 14.4. The second-order valence-electron chi connectivity index (χ2n) is 7.65. The van der Waals surface area contributed by atoms with Gasteiger partial charge in [0.2, 0.25) is 0 Å². The molecule has 1 aliphatic rings. The number of carbonyl (C=O) groups excluding carboxylic acids is 1. The number of carbonyl (C=O) groups is 1. The zero-order valence-corrected chi connectivity index (χ0v) is 17.2. The summed E-state index contributed by atoms with van der Waals surface area (Å²) in [5.41, 5.74) is -2.67. The lowest BCUT2D eigenvalue weighted by Gasteiger charge is -2.47. The number of nitrogens with zero attached hydrogens (tertiary/aromatic N) is 2. The van der Waals surface area contributed by atoms with Gasteiger partial charge in [0.1, 0.15) is 5.69 Å². The molecule has 31 heavy (non-hydrogen) atoms. The van der Waals surface area contributed by atoms with Crippen molar-refractivity contribution in [1.29, 1.82) is 0 Å². The smallest absolute Gasteiger partial charge is 0.296 e. The minimum atomic E-state index is -4.98. The summed E-state index contributed by atoms with van der Waals surface area (Å²) in [6, 6.07) is 6.83. The van der Waals surface area contributed by atoms with Crippen molar-refractivity contribution in [2.75, 3.05) is 33.2 Å². The highest BCUT2D eigenvalue weighted by molar-refractivity contribution is 6.31. The fourth-order valence-electron chi connectivity index (χ4n) is 3.99. The second kappa shape index (κ2) is 8.44. The molecular weight excluding hydrogens is 446 g/mol. The molecule has 10 heteroatoms. The highest BCUT2D eigenvalue weighted by Gasteiger charge is 2.46. The van der Waals surface area contributed by atoms with Crippen LogP contribution in [0.1, 0.15) is 22.7 Å². The maximum Gasteiger partial charge on any atom is 0.416 e. The molecule has 0 aromatic heterocycles. The fourth-order valence-corrected chi connectivity index (χ4v) is 4.23. The predicted molar refractivity (Wildman–Crippen MR) is 106 cm³/mol. The average Bonchev–Trinajstić information content (AvgIpc) is 2.70. The molecule has 1 unspecified atom stereocenters. The van der Waals surface area contributed by atoms with Crippen LogP contribution in [0.3, 0.4) is 0 Å². The first kappa shape index (κ1) is 23.6. The van der Waals surface area contributed by atoms with E-state index >= 15 is 0 Å². The van der Waals surface area contributed by atoms with Gasteiger partial charge in [-0.2, -0.15) is 26.3 Å². The summed E-state index contributed by atoms with van der Waals surface area (Å²) in [4.78, 5) is 14.2. The monoisotopic (exact) mass is 465 g/mol. The standard InChI is InChI=1S/C21H20ClF6N2O/c1-29-6-8-30(9-7-29,19(13-31)17-4-2-3-5-18(17)22)16-11-14(20(23,24)25)10-15(12-16)21(26,27)28/h2-5,10-13,19H,6-9H2,1H3/q+1. The Bertz CT molecular complexity index is 919. The van der Waals surface area contributed by atoms with E-state index in [0.717, 1.165) is 0 Å². The van der Waals surface area contributed by atoms with Crippen molar-refractivity contribution in [3.8, 4) is 0 Å². The molecule has 2 aromatic rings. The van der Waals surface area contributed by atoms with Crippen molar-refractivity contribution in [3.05, 3.63) is 64.2 Å². The number of alkyl halides is 6. The van der Waals surface area contributed by atoms with E-state index in [-0.39, 0.29) is 34.3 Å². The number of hydrogen-bond donors (Lipinski definition) is 0. The van der Waals surface area contributed by atoms with Crippen LogP contribution >= 0.6 is 11.6 Å². The molecule has 1 saturated heterocycles. The highest BCUT2D eigenvalue weighted by atomic mass is 35.5. The van der Waals surface area contributed by atoms with E-state index in [0.29, 0.717) is 37.1 Å². The molecule has 2 aromatic carbocycles. The SMILES string of the molecule is CN1CC[N+](c2cc(C(F)(F)F)cc(C(F)(F)F)c2)(C(C=O)c2ccccc2Cl)CC1. The van der Waals surface area contributed by atoms with Crippen molar-refractivity contribution in [2.24, 2.45) is 0 Å². The van der Waals surface area contributed by atoms with Crippen LogP contribution in [-0.2, 0) is 17.1 Å². The molecule has 1 atom stereocenters. The first-order valence-corrected chi connectivity index (χ1v) is 9.81. The topological polar surface area (TPSA) is 20.3 Å². The lowest BCUT2D eigenvalue weighted by molar-refractivity contribution is -0.143. The molecule has 1 fully saturated rings. The summed E-state index contributed by atoms with van der Waals surface area (Å²) in [6.45, 7) is 1.05. The largest absolute Gasteiger partial charge is 0.416 e. The summed E-state index contributed by atoms with van der Waals surface area (Å²) in [5.74, 6) is 0. The Morgan fingerprint density at radius 3 is 1.94 bits per heavy atom. The van der Waals surface area contributed by atoms with Gasteiger partial charge in [0.15, 0.2) is 12.3 Å². The molecular formula is C21H20ClF6N2O+. The highest BCUT2D eigenvalue weighted by Crippen LogP contribution is 2.44. The number of aldehydes is 1.